The van der Waals surface area contributed by atoms with Gasteiger partial charge in [-0.25, -0.2) is 0 Å². The molecule has 30 heavy (non-hydrogen) atoms. The van der Waals surface area contributed by atoms with Crippen LogP contribution in [0, 0.1) is 0 Å². The van der Waals surface area contributed by atoms with E-state index >= 15 is 0 Å². The van der Waals surface area contributed by atoms with Gasteiger partial charge >= 0.3 is 5.97 Å². The minimum absolute atomic E-state index is 0.0539. The summed E-state index contributed by atoms with van der Waals surface area (Å²) in [4.78, 5) is 25.6. The van der Waals surface area contributed by atoms with E-state index < -0.39 is 11.5 Å². The molecule has 1 amide bonds. The molecule has 0 bridgehead atoms. The van der Waals surface area contributed by atoms with E-state index in [4.69, 9.17) is 4.74 Å². The van der Waals surface area contributed by atoms with Gasteiger partial charge < -0.3 is 14.7 Å². The fourth-order valence-electron chi connectivity index (χ4n) is 3.90. The molecule has 0 spiro atoms. The van der Waals surface area contributed by atoms with E-state index in [2.05, 4.69) is 0 Å². The Hall–Kier alpha value is -2.14. The smallest absolute Gasteiger partial charge is 0.305 e. The summed E-state index contributed by atoms with van der Waals surface area (Å²) in [6, 6.07) is 10.1. The molecule has 1 aromatic rings. The standard InChI is InChI=1S/C25H37NO4/c1-4-30-24(29)14-10-5-6-11-19-26-21(16-18-23(26)28)15-17-22(27)25(2,3)20-12-8-7-9-13-20/h7-9,12-13,15,17,21-22,27H,4-6,10-11,14,16,18-19H2,1-3H3/b17-15+/t21-,22?/m0/s1. The van der Waals surface area contributed by atoms with E-state index in [1.165, 1.54) is 0 Å². The van der Waals surface area contributed by atoms with Crippen LogP contribution in [-0.2, 0) is 19.7 Å². The van der Waals surface area contributed by atoms with Gasteiger partial charge in [0.2, 0.25) is 5.91 Å². The van der Waals surface area contributed by atoms with Gasteiger partial charge in [-0.15, -0.1) is 0 Å². The third-order valence-electron chi connectivity index (χ3n) is 5.98. The third kappa shape index (κ3) is 6.98. The number of hydrogen-bond acceptors (Lipinski definition) is 4. The maximum Gasteiger partial charge on any atom is 0.305 e. The van der Waals surface area contributed by atoms with E-state index in [0.717, 1.165) is 44.2 Å². The second kappa shape index (κ2) is 11.9. The molecule has 166 valence electrons. The highest BCUT2D eigenvalue weighted by Crippen LogP contribution is 2.29. The molecule has 5 heteroatoms. The minimum Gasteiger partial charge on any atom is -0.466 e. The Balaban J connectivity index is 1.80. The van der Waals surface area contributed by atoms with E-state index in [1.54, 1.807) is 0 Å². The van der Waals surface area contributed by atoms with Gasteiger partial charge in [0.15, 0.2) is 0 Å². The number of aliphatic hydroxyl groups is 1. The van der Waals surface area contributed by atoms with Crippen LogP contribution in [0.15, 0.2) is 42.5 Å². The molecule has 1 aromatic carbocycles. The summed E-state index contributed by atoms with van der Waals surface area (Å²) in [7, 11) is 0. The third-order valence-corrected chi connectivity index (χ3v) is 5.98. The number of esters is 1. The zero-order valence-corrected chi connectivity index (χ0v) is 18.7. The summed E-state index contributed by atoms with van der Waals surface area (Å²) in [6.07, 6.45) is 8.77. The Kier molecular flexibility index (Phi) is 9.57. The number of carbonyl (C=O) groups excluding carboxylic acids is 2. The number of ether oxygens (including phenoxy) is 1. The van der Waals surface area contributed by atoms with Gasteiger partial charge in [-0.1, -0.05) is 69.2 Å². The monoisotopic (exact) mass is 415 g/mol. The molecular weight excluding hydrogens is 378 g/mol. The Morgan fingerprint density at radius 2 is 1.93 bits per heavy atom. The molecule has 1 aliphatic rings. The molecule has 1 unspecified atom stereocenters. The zero-order valence-electron chi connectivity index (χ0n) is 18.7. The molecule has 0 aliphatic carbocycles. The van der Waals surface area contributed by atoms with Crippen LogP contribution in [0.25, 0.3) is 0 Å². The highest BCUT2D eigenvalue weighted by Gasteiger charge is 2.31. The van der Waals surface area contributed by atoms with Gasteiger partial charge in [-0.05, 0) is 31.7 Å². The van der Waals surface area contributed by atoms with Gasteiger partial charge in [0, 0.05) is 24.8 Å². The number of unbranched alkanes of at least 4 members (excludes halogenated alkanes) is 3. The number of rotatable bonds is 12. The van der Waals surface area contributed by atoms with Crippen molar-refractivity contribution in [3.63, 3.8) is 0 Å². The summed E-state index contributed by atoms with van der Waals surface area (Å²) in [6.45, 7) is 7.04. The SMILES string of the molecule is CCOC(=O)CCCCCCN1C(=O)CC[C@@H]1/C=C/C(O)C(C)(C)c1ccccc1. The van der Waals surface area contributed by atoms with Gasteiger partial charge in [0.05, 0.1) is 18.8 Å². The molecule has 0 aromatic heterocycles. The number of nitrogens with zero attached hydrogens (tertiary/aromatic N) is 1. The molecule has 5 nitrogen and oxygen atoms in total. The van der Waals surface area contributed by atoms with E-state index in [1.807, 2.05) is 68.2 Å². The van der Waals surface area contributed by atoms with Gasteiger partial charge in [0.1, 0.15) is 0 Å². The highest BCUT2D eigenvalue weighted by molar-refractivity contribution is 5.79. The van der Waals surface area contributed by atoms with Crippen molar-refractivity contribution in [1.82, 2.24) is 4.90 Å². The number of likely N-dealkylation sites (tertiary alicyclic amines) is 1. The predicted octanol–water partition coefficient (Wildman–Crippen LogP) is 4.39. The summed E-state index contributed by atoms with van der Waals surface area (Å²) in [5.74, 6) is 0.0578. The number of carbonyl (C=O) groups is 2. The molecule has 0 saturated carbocycles. The van der Waals surface area contributed by atoms with Crippen molar-refractivity contribution >= 4 is 11.9 Å². The Labute approximate surface area is 181 Å². The Bertz CT molecular complexity index is 698. The predicted molar refractivity (Wildman–Crippen MR) is 119 cm³/mol. The number of hydrogen-bond donors (Lipinski definition) is 1. The number of aliphatic hydroxyl groups excluding tert-OH is 1. The second-order valence-corrected chi connectivity index (χ2v) is 8.58. The van der Waals surface area contributed by atoms with Crippen molar-refractivity contribution in [2.45, 2.75) is 83.3 Å². The van der Waals surface area contributed by atoms with Crippen LogP contribution in [-0.4, -0.2) is 47.2 Å². The van der Waals surface area contributed by atoms with E-state index in [0.29, 0.717) is 19.4 Å². The molecule has 1 N–H and O–H groups in total. The maximum atomic E-state index is 12.3. The van der Waals surface area contributed by atoms with Crippen LogP contribution in [0.4, 0.5) is 0 Å². The summed E-state index contributed by atoms with van der Waals surface area (Å²) < 4.78 is 4.94. The average molecular weight is 416 g/mol. The molecule has 2 rings (SSSR count). The highest BCUT2D eigenvalue weighted by atomic mass is 16.5. The lowest BCUT2D eigenvalue weighted by atomic mass is 9.79. The normalized spacial score (nSPS) is 18.2. The minimum atomic E-state index is -0.625. The van der Waals surface area contributed by atoms with Gasteiger partial charge in [0.25, 0.3) is 0 Å². The molecule has 1 aliphatic heterocycles. The van der Waals surface area contributed by atoms with Crippen LogP contribution in [0.5, 0.6) is 0 Å². The second-order valence-electron chi connectivity index (χ2n) is 8.58. The topological polar surface area (TPSA) is 66.8 Å². The van der Waals surface area contributed by atoms with Crippen molar-refractivity contribution in [1.29, 1.82) is 0 Å². The first-order valence-corrected chi connectivity index (χ1v) is 11.2. The van der Waals surface area contributed by atoms with Gasteiger partial charge in [-0.2, -0.15) is 0 Å². The largest absolute Gasteiger partial charge is 0.466 e. The molecule has 1 fully saturated rings. The van der Waals surface area contributed by atoms with Crippen LogP contribution in [0.3, 0.4) is 0 Å². The lowest BCUT2D eigenvalue weighted by Gasteiger charge is -2.30. The first-order chi connectivity index (χ1) is 14.4. The average Bonchev–Trinajstić information content (AvgIpc) is 3.09. The fourth-order valence-corrected chi connectivity index (χ4v) is 3.90. The van der Waals surface area contributed by atoms with Crippen molar-refractivity contribution in [2.75, 3.05) is 13.2 Å². The molecule has 1 saturated heterocycles. The molecular formula is C25H37NO4. The first kappa shape index (κ1) is 24.1. The van der Waals surface area contributed by atoms with Crippen LogP contribution in [0.1, 0.15) is 71.3 Å². The molecule has 1 heterocycles. The quantitative estimate of drug-likeness (QED) is 0.312. The van der Waals surface area contributed by atoms with Crippen molar-refractivity contribution in [3.05, 3.63) is 48.0 Å². The number of amides is 1. The zero-order chi connectivity index (χ0) is 22.0. The van der Waals surface area contributed by atoms with Gasteiger partial charge in [-0.3, -0.25) is 9.59 Å². The summed E-state index contributed by atoms with van der Waals surface area (Å²) in [5.41, 5.74) is 0.689. The van der Waals surface area contributed by atoms with Crippen molar-refractivity contribution < 1.29 is 19.4 Å². The Morgan fingerprint density at radius 1 is 1.23 bits per heavy atom. The fraction of sp³-hybridized carbons (Fsp3) is 0.600. The van der Waals surface area contributed by atoms with E-state index in [9.17, 15) is 14.7 Å². The molecule has 0 radical (unpaired) electrons. The first-order valence-electron chi connectivity index (χ1n) is 11.2. The van der Waals surface area contributed by atoms with Crippen LogP contribution < -0.4 is 0 Å². The summed E-state index contributed by atoms with van der Waals surface area (Å²) >= 11 is 0. The lowest BCUT2D eigenvalue weighted by Crippen LogP contribution is -2.35. The molecule has 2 atom stereocenters. The van der Waals surface area contributed by atoms with Crippen molar-refractivity contribution in [3.8, 4) is 0 Å². The van der Waals surface area contributed by atoms with Crippen LogP contribution in [0.2, 0.25) is 0 Å². The Morgan fingerprint density at radius 3 is 2.63 bits per heavy atom. The number of benzene rings is 1. The van der Waals surface area contributed by atoms with Crippen LogP contribution >= 0.6 is 0 Å². The summed E-state index contributed by atoms with van der Waals surface area (Å²) in [5, 5.41) is 10.8. The maximum absolute atomic E-state index is 12.3. The lowest BCUT2D eigenvalue weighted by molar-refractivity contribution is -0.143. The van der Waals surface area contributed by atoms with Crippen molar-refractivity contribution in [2.24, 2.45) is 0 Å². The van der Waals surface area contributed by atoms with E-state index in [-0.39, 0.29) is 17.9 Å².